The minimum absolute atomic E-state index is 0. The maximum Gasteiger partial charge on any atom is 0.239 e. The summed E-state index contributed by atoms with van der Waals surface area (Å²) in [5.74, 6) is 1.18. The summed E-state index contributed by atoms with van der Waals surface area (Å²) in [5, 5.41) is 13.6. The fraction of sp³-hybridized carbons (Fsp3) is 0.500. The van der Waals surface area contributed by atoms with E-state index in [2.05, 4.69) is 39.9 Å². The van der Waals surface area contributed by atoms with Crippen molar-refractivity contribution in [3.63, 3.8) is 0 Å². The SMILES string of the molecule is CN=C(NCC(=O)NCc1ccco1)NC(C)Cc1c(C)nn(C)c1C.I. The quantitative estimate of drug-likeness (QED) is 0.313. The standard InChI is InChI=1S/C18H28N6O2.HI/c1-12(9-16-13(2)23-24(5)14(16)3)22-18(19-4)21-11-17(25)20-10-15-7-6-8-26-15;/h6-8,12H,9-11H2,1-5H3,(H,20,25)(H2,19,21,22);1H. The third kappa shape index (κ3) is 6.89. The van der Waals surface area contributed by atoms with Crippen LogP contribution in [-0.4, -0.2) is 41.3 Å². The third-order valence-corrected chi connectivity index (χ3v) is 4.23. The van der Waals surface area contributed by atoms with Crippen LogP contribution in [0.25, 0.3) is 0 Å². The lowest BCUT2D eigenvalue weighted by Gasteiger charge is -2.18. The molecule has 2 aromatic heterocycles. The number of furan rings is 1. The van der Waals surface area contributed by atoms with Gasteiger partial charge in [-0.05, 0) is 44.9 Å². The van der Waals surface area contributed by atoms with Crippen LogP contribution < -0.4 is 16.0 Å². The van der Waals surface area contributed by atoms with Crippen molar-refractivity contribution in [2.24, 2.45) is 12.0 Å². The van der Waals surface area contributed by atoms with Gasteiger partial charge in [-0.15, -0.1) is 24.0 Å². The Balaban J connectivity index is 0.00000364. The van der Waals surface area contributed by atoms with E-state index in [1.807, 2.05) is 24.7 Å². The summed E-state index contributed by atoms with van der Waals surface area (Å²) >= 11 is 0. The molecule has 0 aliphatic rings. The minimum atomic E-state index is -0.129. The van der Waals surface area contributed by atoms with E-state index in [9.17, 15) is 4.79 Å². The summed E-state index contributed by atoms with van der Waals surface area (Å²) in [7, 11) is 3.63. The molecule has 0 spiro atoms. The molecule has 1 unspecified atom stereocenters. The molecule has 27 heavy (non-hydrogen) atoms. The molecule has 0 aliphatic heterocycles. The normalized spacial score (nSPS) is 12.3. The molecule has 2 rings (SSSR count). The van der Waals surface area contributed by atoms with Crippen molar-refractivity contribution in [3.8, 4) is 0 Å². The number of aromatic nitrogens is 2. The molecule has 2 heterocycles. The topological polar surface area (TPSA) is 96.5 Å². The number of guanidine groups is 1. The highest BCUT2D eigenvalue weighted by atomic mass is 127. The molecule has 0 fully saturated rings. The molecule has 0 aromatic carbocycles. The number of amides is 1. The minimum Gasteiger partial charge on any atom is -0.467 e. The molecule has 150 valence electrons. The lowest BCUT2D eigenvalue weighted by molar-refractivity contribution is -0.120. The smallest absolute Gasteiger partial charge is 0.239 e. The highest BCUT2D eigenvalue weighted by Crippen LogP contribution is 2.14. The Kier molecular flexibility index (Phi) is 9.33. The maximum absolute atomic E-state index is 11.9. The van der Waals surface area contributed by atoms with E-state index in [1.54, 1.807) is 19.4 Å². The number of carbonyl (C=O) groups excluding carboxylic acids is 1. The zero-order chi connectivity index (χ0) is 19.1. The van der Waals surface area contributed by atoms with Crippen LogP contribution in [-0.2, 0) is 24.8 Å². The Bertz CT molecular complexity index is 754. The Morgan fingerprint density at radius 3 is 2.67 bits per heavy atom. The van der Waals surface area contributed by atoms with Crippen molar-refractivity contribution in [3.05, 3.63) is 41.1 Å². The van der Waals surface area contributed by atoms with E-state index in [4.69, 9.17) is 4.42 Å². The van der Waals surface area contributed by atoms with Gasteiger partial charge in [-0.25, -0.2) is 0 Å². The van der Waals surface area contributed by atoms with Gasteiger partial charge in [0.1, 0.15) is 5.76 Å². The fourth-order valence-corrected chi connectivity index (χ4v) is 2.72. The Morgan fingerprint density at radius 1 is 1.37 bits per heavy atom. The molecule has 1 amide bonds. The summed E-state index contributed by atoms with van der Waals surface area (Å²) in [6, 6.07) is 3.76. The number of aliphatic imine (C=N–C) groups is 1. The molecule has 8 nitrogen and oxygen atoms in total. The van der Waals surface area contributed by atoms with E-state index < -0.39 is 0 Å². The van der Waals surface area contributed by atoms with Gasteiger partial charge in [0.15, 0.2) is 5.96 Å². The van der Waals surface area contributed by atoms with Crippen molar-refractivity contribution >= 4 is 35.8 Å². The number of hydrogen-bond acceptors (Lipinski definition) is 4. The predicted molar refractivity (Wildman–Crippen MR) is 116 cm³/mol. The van der Waals surface area contributed by atoms with E-state index in [0.29, 0.717) is 12.5 Å². The number of aryl methyl sites for hydroxylation is 2. The van der Waals surface area contributed by atoms with E-state index in [1.165, 1.54) is 5.56 Å². The Labute approximate surface area is 177 Å². The molecule has 9 heteroatoms. The van der Waals surface area contributed by atoms with Crippen LogP contribution >= 0.6 is 24.0 Å². The second-order valence-electron chi connectivity index (χ2n) is 6.30. The second-order valence-corrected chi connectivity index (χ2v) is 6.30. The molecule has 0 aliphatic carbocycles. The molecule has 3 N–H and O–H groups in total. The van der Waals surface area contributed by atoms with Gasteiger partial charge in [0.05, 0.1) is 25.0 Å². The molecule has 2 aromatic rings. The van der Waals surface area contributed by atoms with Crippen LogP contribution in [0.15, 0.2) is 27.8 Å². The average Bonchev–Trinajstić information content (AvgIpc) is 3.21. The fourth-order valence-electron chi connectivity index (χ4n) is 2.72. The molecule has 0 saturated carbocycles. The van der Waals surface area contributed by atoms with Crippen molar-refractivity contribution in [2.45, 2.75) is 39.8 Å². The van der Waals surface area contributed by atoms with Crippen LogP contribution in [0.5, 0.6) is 0 Å². The van der Waals surface area contributed by atoms with Gasteiger partial charge in [-0.1, -0.05) is 0 Å². The third-order valence-electron chi connectivity index (χ3n) is 4.23. The van der Waals surface area contributed by atoms with Gasteiger partial charge in [0.2, 0.25) is 5.91 Å². The van der Waals surface area contributed by atoms with Crippen LogP contribution in [0.4, 0.5) is 0 Å². The zero-order valence-corrected chi connectivity index (χ0v) is 18.8. The van der Waals surface area contributed by atoms with Gasteiger partial charge in [0, 0.05) is 25.8 Å². The summed E-state index contributed by atoms with van der Waals surface area (Å²) in [5.41, 5.74) is 3.44. The molecule has 0 bridgehead atoms. The Hall–Kier alpha value is -2.04. The molecular formula is C18H29IN6O2. The molecular weight excluding hydrogens is 459 g/mol. The van der Waals surface area contributed by atoms with Gasteiger partial charge < -0.3 is 20.4 Å². The lowest BCUT2D eigenvalue weighted by Crippen LogP contribution is -2.46. The zero-order valence-electron chi connectivity index (χ0n) is 16.5. The summed E-state index contributed by atoms with van der Waals surface area (Å²) in [6.07, 6.45) is 2.41. The van der Waals surface area contributed by atoms with Gasteiger partial charge in [0.25, 0.3) is 0 Å². The lowest BCUT2D eigenvalue weighted by atomic mass is 10.1. The van der Waals surface area contributed by atoms with E-state index in [-0.39, 0.29) is 42.5 Å². The largest absolute Gasteiger partial charge is 0.467 e. The summed E-state index contributed by atoms with van der Waals surface area (Å²) in [4.78, 5) is 16.1. The first-order chi connectivity index (χ1) is 12.4. The maximum atomic E-state index is 11.9. The first kappa shape index (κ1) is 23.0. The van der Waals surface area contributed by atoms with Crippen LogP contribution in [0.1, 0.15) is 29.6 Å². The summed E-state index contributed by atoms with van der Waals surface area (Å²) in [6.45, 7) is 6.67. The first-order valence-corrected chi connectivity index (χ1v) is 8.66. The monoisotopic (exact) mass is 488 g/mol. The Morgan fingerprint density at radius 2 is 2.11 bits per heavy atom. The van der Waals surface area contributed by atoms with Gasteiger partial charge in [-0.3, -0.25) is 14.5 Å². The van der Waals surface area contributed by atoms with Crippen molar-refractivity contribution in [2.75, 3.05) is 13.6 Å². The van der Waals surface area contributed by atoms with Crippen molar-refractivity contribution in [1.29, 1.82) is 0 Å². The highest BCUT2D eigenvalue weighted by Gasteiger charge is 2.14. The molecule has 0 radical (unpaired) electrons. The van der Waals surface area contributed by atoms with Crippen LogP contribution in [0.2, 0.25) is 0 Å². The number of carbonyl (C=O) groups is 1. The summed E-state index contributed by atoms with van der Waals surface area (Å²) < 4.78 is 7.08. The number of hydrogen-bond donors (Lipinski definition) is 3. The van der Waals surface area contributed by atoms with Crippen molar-refractivity contribution in [1.82, 2.24) is 25.7 Å². The van der Waals surface area contributed by atoms with E-state index in [0.717, 1.165) is 23.6 Å². The van der Waals surface area contributed by atoms with Crippen LogP contribution in [0.3, 0.4) is 0 Å². The highest BCUT2D eigenvalue weighted by molar-refractivity contribution is 14.0. The van der Waals surface area contributed by atoms with Gasteiger partial charge in [-0.2, -0.15) is 5.10 Å². The second kappa shape index (κ2) is 11.0. The predicted octanol–water partition coefficient (Wildman–Crippen LogP) is 1.66. The number of halogens is 1. The van der Waals surface area contributed by atoms with E-state index >= 15 is 0 Å². The number of nitrogens with one attached hydrogen (secondary N) is 3. The average molecular weight is 488 g/mol. The van der Waals surface area contributed by atoms with Crippen LogP contribution in [0, 0.1) is 13.8 Å². The first-order valence-electron chi connectivity index (χ1n) is 8.66. The molecule has 1 atom stereocenters. The number of rotatable bonds is 7. The van der Waals surface area contributed by atoms with Crippen molar-refractivity contribution < 1.29 is 9.21 Å². The van der Waals surface area contributed by atoms with Gasteiger partial charge >= 0.3 is 0 Å². The number of nitrogens with zero attached hydrogens (tertiary/aromatic N) is 3. The molecule has 0 saturated heterocycles.